The average molecular weight is 209 g/mol. The van der Waals surface area contributed by atoms with Crippen molar-refractivity contribution >= 4 is 5.69 Å². The summed E-state index contributed by atoms with van der Waals surface area (Å²) in [6, 6.07) is 9.98. The van der Waals surface area contributed by atoms with Crippen molar-refractivity contribution in [1.29, 1.82) is 0 Å². The van der Waals surface area contributed by atoms with Crippen molar-refractivity contribution in [2.24, 2.45) is 0 Å². The Morgan fingerprint density at radius 1 is 0.800 bits per heavy atom. The number of hydrogen-bond acceptors (Lipinski definition) is 5. The Bertz CT molecular complexity index is 295. The minimum Gasteiger partial charge on any atom is -0.369 e. The van der Waals surface area contributed by atoms with Crippen LogP contribution in [0.25, 0.3) is 0 Å². The Kier molecular flexibility index (Phi) is 3.17. The van der Waals surface area contributed by atoms with Crippen LogP contribution in [0, 0.1) is 0 Å². The number of nitrogens with zero attached hydrogens (tertiary/aromatic N) is 3. The topological polar surface area (TPSA) is 50.2 Å². The van der Waals surface area contributed by atoms with E-state index in [1.807, 2.05) is 30.3 Å². The Hall–Kier alpha value is -1.14. The maximum atomic E-state index is 9.30. The first-order valence-corrected chi connectivity index (χ1v) is 5.00. The summed E-state index contributed by atoms with van der Waals surface area (Å²) < 4.78 is 0. The van der Waals surface area contributed by atoms with E-state index in [-0.39, 0.29) is 0 Å². The van der Waals surface area contributed by atoms with Gasteiger partial charge in [0.2, 0.25) is 0 Å². The minimum absolute atomic E-state index is 0.394. The van der Waals surface area contributed by atoms with Crippen molar-refractivity contribution in [3.05, 3.63) is 30.3 Å². The maximum Gasteiger partial charge on any atom is 0.0599 e. The Morgan fingerprint density at radius 2 is 1.33 bits per heavy atom. The molecule has 0 bridgehead atoms. The molecule has 0 atom stereocenters. The molecule has 5 heteroatoms. The van der Waals surface area contributed by atoms with Gasteiger partial charge in [0.05, 0.1) is 13.1 Å². The zero-order valence-electron chi connectivity index (χ0n) is 8.45. The molecule has 1 fully saturated rings. The lowest BCUT2D eigenvalue weighted by molar-refractivity contribution is -0.361. The summed E-state index contributed by atoms with van der Waals surface area (Å²) in [5, 5.41) is 20.3. The van der Waals surface area contributed by atoms with Gasteiger partial charge in [-0.1, -0.05) is 28.5 Å². The van der Waals surface area contributed by atoms with E-state index >= 15 is 0 Å². The minimum atomic E-state index is 0.394. The van der Waals surface area contributed by atoms with Crippen LogP contribution in [0.15, 0.2) is 30.3 Å². The summed E-state index contributed by atoms with van der Waals surface area (Å²) >= 11 is 0. The fourth-order valence-corrected chi connectivity index (χ4v) is 1.66. The van der Waals surface area contributed by atoms with Crippen LogP contribution >= 0.6 is 0 Å². The van der Waals surface area contributed by atoms with Crippen LogP contribution in [0.4, 0.5) is 5.69 Å². The zero-order valence-corrected chi connectivity index (χ0v) is 8.45. The molecule has 0 aliphatic carbocycles. The molecule has 1 aliphatic heterocycles. The third-order valence-electron chi connectivity index (χ3n) is 2.53. The molecule has 0 saturated carbocycles. The van der Waals surface area contributed by atoms with Gasteiger partial charge in [-0.05, 0) is 12.1 Å². The predicted octanol–water partition coefficient (Wildman–Crippen LogP) is 0.804. The SMILES string of the molecule is ON1CCN(c2ccccc2)CCN1O. The second kappa shape index (κ2) is 4.59. The van der Waals surface area contributed by atoms with Crippen LogP contribution in [0.2, 0.25) is 0 Å². The first-order chi connectivity index (χ1) is 7.27. The van der Waals surface area contributed by atoms with Crippen molar-refractivity contribution in [2.75, 3.05) is 31.1 Å². The van der Waals surface area contributed by atoms with E-state index in [0.717, 1.165) is 16.0 Å². The summed E-state index contributed by atoms with van der Waals surface area (Å²) in [4.78, 5) is 2.12. The first kappa shape index (κ1) is 10.4. The molecule has 0 spiro atoms. The molecule has 0 radical (unpaired) electrons. The van der Waals surface area contributed by atoms with Gasteiger partial charge in [-0.3, -0.25) is 10.4 Å². The highest BCUT2D eigenvalue weighted by atomic mass is 16.7. The quantitative estimate of drug-likeness (QED) is 0.716. The van der Waals surface area contributed by atoms with Crippen molar-refractivity contribution in [3.63, 3.8) is 0 Å². The lowest BCUT2D eigenvalue weighted by Gasteiger charge is -2.21. The van der Waals surface area contributed by atoms with E-state index in [4.69, 9.17) is 0 Å². The highest BCUT2D eigenvalue weighted by Gasteiger charge is 2.18. The lowest BCUT2D eigenvalue weighted by atomic mass is 10.3. The second-order valence-electron chi connectivity index (χ2n) is 3.51. The van der Waals surface area contributed by atoms with Gasteiger partial charge in [0, 0.05) is 18.8 Å². The molecule has 2 N–H and O–H groups in total. The molecule has 82 valence electrons. The second-order valence-corrected chi connectivity index (χ2v) is 3.51. The normalized spacial score (nSPS) is 20.3. The number of hydrazine groups is 1. The van der Waals surface area contributed by atoms with Crippen molar-refractivity contribution < 1.29 is 10.4 Å². The number of benzene rings is 1. The summed E-state index contributed by atoms with van der Waals surface area (Å²) in [6.07, 6.45) is 0. The molecular weight excluding hydrogens is 194 g/mol. The number of rotatable bonds is 1. The largest absolute Gasteiger partial charge is 0.369 e. The molecule has 0 unspecified atom stereocenters. The number of anilines is 1. The van der Waals surface area contributed by atoms with E-state index in [9.17, 15) is 10.4 Å². The summed E-state index contributed by atoms with van der Waals surface area (Å²) in [5.74, 6) is 0. The van der Waals surface area contributed by atoms with Gasteiger partial charge in [-0.2, -0.15) is 0 Å². The zero-order chi connectivity index (χ0) is 10.7. The smallest absolute Gasteiger partial charge is 0.0599 e. The van der Waals surface area contributed by atoms with Crippen molar-refractivity contribution in [2.45, 2.75) is 0 Å². The molecule has 1 aromatic rings. The highest BCUT2D eigenvalue weighted by molar-refractivity contribution is 5.46. The molecule has 0 amide bonds. The standard InChI is InChI=1S/C10H15N3O2/c14-12-8-6-11(7-9-13(12)15)10-4-2-1-3-5-10/h1-5,14-15H,6-9H2. The first-order valence-electron chi connectivity index (χ1n) is 5.00. The van der Waals surface area contributed by atoms with Crippen molar-refractivity contribution in [3.8, 4) is 0 Å². The molecule has 0 aromatic heterocycles. The van der Waals surface area contributed by atoms with Gasteiger partial charge in [0.1, 0.15) is 0 Å². The van der Waals surface area contributed by atoms with Gasteiger partial charge < -0.3 is 4.90 Å². The lowest BCUT2D eigenvalue weighted by Crippen LogP contribution is -2.38. The van der Waals surface area contributed by atoms with Gasteiger partial charge in [-0.15, -0.1) is 0 Å². The van der Waals surface area contributed by atoms with Crippen LogP contribution in [0.1, 0.15) is 0 Å². The summed E-state index contributed by atoms with van der Waals surface area (Å²) in [5.41, 5.74) is 1.11. The number of para-hydroxylation sites is 1. The summed E-state index contributed by atoms with van der Waals surface area (Å²) in [7, 11) is 0. The Balaban J connectivity index is 2.06. The third kappa shape index (κ3) is 2.45. The molecule has 5 nitrogen and oxygen atoms in total. The fraction of sp³-hybridized carbons (Fsp3) is 0.400. The molecular formula is C10H15N3O2. The number of hydrogen-bond donors (Lipinski definition) is 2. The molecule has 1 saturated heterocycles. The molecule has 1 aromatic carbocycles. The Morgan fingerprint density at radius 3 is 1.87 bits per heavy atom. The highest BCUT2D eigenvalue weighted by Crippen LogP contribution is 2.14. The monoisotopic (exact) mass is 209 g/mol. The predicted molar refractivity (Wildman–Crippen MR) is 55.6 cm³/mol. The molecule has 15 heavy (non-hydrogen) atoms. The van der Waals surface area contributed by atoms with Gasteiger partial charge in [0.15, 0.2) is 0 Å². The van der Waals surface area contributed by atoms with Gasteiger partial charge in [-0.25, -0.2) is 0 Å². The molecule has 1 heterocycles. The fourth-order valence-electron chi connectivity index (χ4n) is 1.66. The number of hydroxylamine groups is 2. The van der Waals surface area contributed by atoms with E-state index < -0.39 is 0 Å². The van der Waals surface area contributed by atoms with E-state index in [1.165, 1.54) is 0 Å². The van der Waals surface area contributed by atoms with E-state index in [2.05, 4.69) is 4.90 Å². The Labute approximate surface area is 88.6 Å². The van der Waals surface area contributed by atoms with Crippen LogP contribution in [-0.4, -0.2) is 46.9 Å². The van der Waals surface area contributed by atoms with Gasteiger partial charge in [0.25, 0.3) is 0 Å². The van der Waals surface area contributed by atoms with Crippen LogP contribution in [0.5, 0.6) is 0 Å². The van der Waals surface area contributed by atoms with Crippen LogP contribution in [-0.2, 0) is 0 Å². The van der Waals surface area contributed by atoms with Gasteiger partial charge >= 0.3 is 0 Å². The van der Waals surface area contributed by atoms with E-state index in [1.54, 1.807) is 0 Å². The molecule has 1 aliphatic rings. The summed E-state index contributed by atoms with van der Waals surface area (Å²) in [6.45, 7) is 2.17. The van der Waals surface area contributed by atoms with Crippen LogP contribution in [0.3, 0.4) is 0 Å². The third-order valence-corrected chi connectivity index (χ3v) is 2.53. The van der Waals surface area contributed by atoms with Crippen molar-refractivity contribution in [1.82, 2.24) is 10.3 Å². The van der Waals surface area contributed by atoms with Crippen LogP contribution < -0.4 is 4.90 Å². The maximum absolute atomic E-state index is 9.30. The van der Waals surface area contributed by atoms with E-state index in [0.29, 0.717) is 26.2 Å². The average Bonchev–Trinajstić information content (AvgIpc) is 2.44. The molecule has 2 rings (SSSR count).